The van der Waals surface area contributed by atoms with Crippen LogP contribution in [0.1, 0.15) is 19.3 Å². The molecule has 1 fully saturated rings. The monoisotopic (exact) mass is 201 g/mol. The molecule has 0 saturated heterocycles. The Morgan fingerprint density at radius 1 is 1.46 bits per heavy atom. The second-order valence-corrected chi connectivity index (χ2v) is 2.95. The van der Waals surface area contributed by atoms with Gasteiger partial charge in [0.15, 0.2) is 0 Å². The van der Waals surface area contributed by atoms with Gasteiger partial charge >= 0.3 is 0 Å². The van der Waals surface area contributed by atoms with Gasteiger partial charge in [-0.3, -0.25) is 0 Å². The molecule has 0 atom stereocenters. The van der Waals surface area contributed by atoms with Crippen molar-refractivity contribution in [2.45, 2.75) is 25.4 Å². The van der Waals surface area contributed by atoms with E-state index < -0.39 is 0 Å². The number of nitrogens with two attached hydrogens (primary N) is 1. The van der Waals surface area contributed by atoms with Crippen LogP contribution in [0.4, 0.5) is 5.69 Å². The summed E-state index contributed by atoms with van der Waals surface area (Å²) in [5.74, 6) is 0.523. The summed E-state index contributed by atoms with van der Waals surface area (Å²) in [5.41, 5.74) is 6.12. The highest BCUT2D eigenvalue weighted by molar-refractivity contribution is 5.85. The van der Waals surface area contributed by atoms with Gasteiger partial charge < -0.3 is 10.5 Å². The summed E-state index contributed by atoms with van der Waals surface area (Å²) in [7, 11) is 0. The van der Waals surface area contributed by atoms with Crippen molar-refractivity contribution in [3.63, 3.8) is 0 Å². The number of ether oxygens (including phenoxy) is 1. The first kappa shape index (κ1) is 10.1. The topological polar surface area (TPSA) is 61.0 Å². The van der Waals surface area contributed by atoms with E-state index in [-0.39, 0.29) is 12.4 Å². The third-order valence-electron chi connectivity index (χ3n) is 2.03. The van der Waals surface area contributed by atoms with Crippen molar-refractivity contribution in [3.8, 4) is 5.88 Å². The molecule has 1 aliphatic carbocycles. The highest BCUT2D eigenvalue weighted by Gasteiger charge is 2.20. The molecule has 13 heavy (non-hydrogen) atoms. The molecular formula is C8H12ClN3O. The van der Waals surface area contributed by atoms with Gasteiger partial charge in [-0.1, -0.05) is 0 Å². The molecule has 5 heteroatoms. The Balaban J connectivity index is 0.000000845. The fraction of sp³-hybridized carbons (Fsp3) is 0.500. The Labute approximate surface area is 82.9 Å². The molecule has 1 aromatic heterocycles. The molecule has 0 aromatic carbocycles. The summed E-state index contributed by atoms with van der Waals surface area (Å²) in [6, 6.07) is 0. The Bertz CT molecular complexity index is 278. The van der Waals surface area contributed by atoms with Crippen molar-refractivity contribution in [2.75, 3.05) is 5.73 Å². The smallest absolute Gasteiger partial charge is 0.240 e. The summed E-state index contributed by atoms with van der Waals surface area (Å²) in [6.45, 7) is 0. The van der Waals surface area contributed by atoms with Crippen LogP contribution >= 0.6 is 12.4 Å². The number of hydrogen-bond acceptors (Lipinski definition) is 4. The standard InChI is InChI=1S/C8H11N3O.ClH/c9-7-4-10-5-11-8(7)12-6-2-1-3-6;/h4-6H,1-3,9H2;1H. The lowest BCUT2D eigenvalue weighted by Gasteiger charge is -2.25. The van der Waals surface area contributed by atoms with E-state index in [1.165, 1.54) is 12.7 Å². The van der Waals surface area contributed by atoms with Gasteiger partial charge in [0.25, 0.3) is 0 Å². The largest absolute Gasteiger partial charge is 0.473 e. The Kier molecular flexibility index (Phi) is 3.31. The lowest BCUT2D eigenvalue weighted by Crippen LogP contribution is -2.25. The van der Waals surface area contributed by atoms with E-state index in [2.05, 4.69) is 9.97 Å². The first-order chi connectivity index (χ1) is 5.86. The fourth-order valence-corrected chi connectivity index (χ4v) is 1.07. The van der Waals surface area contributed by atoms with E-state index >= 15 is 0 Å². The minimum Gasteiger partial charge on any atom is -0.473 e. The zero-order valence-electron chi connectivity index (χ0n) is 7.14. The number of aromatic nitrogens is 2. The third-order valence-corrected chi connectivity index (χ3v) is 2.03. The minimum atomic E-state index is 0. The predicted octanol–water partition coefficient (Wildman–Crippen LogP) is 1.41. The van der Waals surface area contributed by atoms with Crippen LogP contribution < -0.4 is 10.5 Å². The summed E-state index contributed by atoms with van der Waals surface area (Å²) in [4.78, 5) is 7.72. The molecule has 1 aliphatic rings. The van der Waals surface area contributed by atoms with Gasteiger partial charge in [-0.2, -0.15) is 4.98 Å². The Morgan fingerprint density at radius 2 is 2.23 bits per heavy atom. The zero-order chi connectivity index (χ0) is 8.39. The van der Waals surface area contributed by atoms with Gasteiger partial charge in [-0.05, 0) is 19.3 Å². The lowest BCUT2D eigenvalue weighted by molar-refractivity contribution is 0.115. The van der Waals surface area contributed by atoms with Crippen LogP contribution in [0.25, 0.3) is 0 Å². The van der Waals surface area contributed by atoms with Crippen LogP contribution in [-0.4, -0.2) is 16.1 Å². The summed E-state index contributed by atoms with van der Waals surface area (Å²) < 4.78 is 5.50. The Morgan fingerprint density at radius 3 is 2.77 bits per heavy atom. The van der Waals surface area contributed by atoms with Crippen molar-refractivity contribution in [1.29, 1.82) is 0 Å². The van der Waals surface area contributed by atoms with Crippen molar-refractivity contribution in [3.05, 3.63) is 12.5 Å². The predicted molar refractivity (Wildman–Crippen MR) is 52.0 cm³/mol. The molecule has 0 spiro atoms. The maximum absolute atomic E-state index is 5.60. The maximum Gasteiger partial charge on any atom is 0.240 e. The first-order valence-electron chi connectivity index (χ1n) is 4.08. The molecule has 0 aliphatic heterocycles. The molecule has 0 unspecified atom stereocenters. The first-order valence-corrected chi connectivity index (χ1v) is 4.08. The van der Waals surface area contributed by atoms with Gasteiger partial charge in [-0.25, -0.2) is 4.98 Å². The van der Waals surface area contributed by atoms with Crippen LogP contribution in [0, 0.1) is 0 Å². The van der Waals surface area contributed by atoms with Gasteiger partial charge in [0.05, 0.1) is 6.20 Å². The Hall–Kier alpha value is -1.03. The second-order valence-electron chi connectivity index (χ2n) is 2.95. The van der Waals surface area contributed by atoms with Crippen LogP contribution in [-0.2, 0) is 0 Å². The van der Waals surface area contributed by atoms with E-state index in [4.69, 9.17) is 10.5 Å². The summed E-state index contributed by atoms with van der Waals surface area (Å²) in [6.07, 6.45) is 6.80. The van der Waals surface area contributed by atoms with E-state index in [1.807, 2.05) is 0 Å². The zero-order valence-corrected chi connectivity index (χ0v) is 7.96. The molecule has 0 bridgehead atoms. The summed E-state index contributed by atoms with van der Waals surface area (Å²) >= 11 is 0. The molecule has 0 amide bonds. The van der Waals surface area contributed by atoms with Crippen LogP contribution in [0.2, 0.25) is 0 Å². The molecule has 1 aromatic rings. The van der Waals surface area contributed by atoms with E-state index in [0.717, 1.165) is 12.8 Å². The number of anilines is 1. The van der Waals surface area contributed by atoms with Crippen molar-refractivity contribution < 1.29 is 4.74 Å². The van der Waals surface area contributed by atoms with Crippen molar-refractivity contribution in [2.24, 2.45) is 0 Å². The molecule has 2 N–H and O–H groups in total. The number of nitrogens with zero attached hydrogens (tertiary/aromatic N) is 2. The maximum atomic E-state index is 5.60. The van der Waals surface area contributed by atoms with Crippen LogP contribution in [0.5, 0.6) is 5.88 Å². The average molecular weight is 202 g/mol. The normalized spacial score (nSPS) is 15.7. The molecule has 72 valence electrons. The molecular weight excluding hydrogens is 190 g/mol. The molecule has 1 saturated carbocycles. The van der Waals surface area contributed by atoms with E-state index in [1.54, 1.807) is 6.20 Å². The van der Waals surface area contributed by atoms with Gasteiger partial charge in [0.1, 0.15) is 18.1 Å². The number of nitrogen functional groups attached to an aromatic ring is 1. The SMILES string of the molecule is Cl.Nc1cncnc1OC1CCC1. The van der Waals surface area contributed by atoms with E-state index in [0.29, 0.717) is 17.7 Å². The second kappa shape index (κ2) is 4.28. The van der Waals surface area contributed by atoms with Crippen LogP contribution in [0.15, 0.2) is 12.5 Å². The van der Waals surface area contributed by atoms with E-state index in [9.17, 15) is 0 Å². The average Bonchev–Trinajstić information content (AvgIpc) is 2.00. The van der Waals surface area contributed by atoms with Crippen LogP contribution in [0.3, 0.4) is 0 Å². The summed E-state index contributed by atoms with van der Waals surface area (Å²) in [5, 5.41) is 0. The van der Waals surface area contributed by atoms with Gasteiger partial charge in [0.2, 0.25) is 5.88 Å². The number of halogens is 1. The van der Waals surface area contributed by atoms with Crippen molar-refractivity contribution >= 4 is 18.1 Å². The molecule has 4 nitrogen and oxygen atoms in total. The number of hydrogen-bond donors (Lipinski definition) is 1. The minimum absolute atomic E-state index is 0. The third kappa shape index (κ3) is 2.21. The number of rotatable bonds is 2. The van der Waals surface area contributed by atoms with Crippen molar-refractivity contribution in [1.82, 2.24) is 9.97 Å². The molecule has 2 rings (SSSR count). The molecule has 0 radical (unpaired) electrons. The highest BCUT2D eigenvalue weighted by atomic mass is 35.5. The van der Waals surface area contributed by atoms with Gasteiger partial charge in [-0.15, -0.1) is 12.4 Å². The fourth-order valence-electron chi connectivity index (χ4n) is 1.07. The van der Waals surface area contributed by atoms with Gasteiger partial charge in [0, 0.05) is 0 Å². The quantitative estimate of drug-likeness (QED) is 0.786. The molecule has 1 heterocycles. The lowest BCUT2D eigenvalue weighted by atomic mass is 9.96. The highest BCUT2D eigenvalue weighted by Crippen LogP contribution is 2.26.